The van der Waals surface area contributed by atoms with Crippen molar-refractivity contribution in [2.24, 2.45) is 0 Å². The van der Waals surface area contributed by atoms with Gasteiger partial charge in [0.2, 0.25) is 5.91 Å². The molecular weight excluding hydrogens is 328 g/mol. The van der Waals surface area contributed by atoms with Crippen molar-refractivity contribution < 1.29 is 19.5 Å². The lowest BCUT2D eigenvalue weighted by molar-refractivity contribution is -0.255. The predicted molar refractivity (Wildman–Crippen MR) is 86.8 cm³/mol. The van der Waals surface area contributed by atoms with Gasteiger partial charge in [0.15, 0.2) is 0 Å². The minimum absolute atomic E-state index is 0.0867. The molecule has 0 saturated carbocycles. The van der Waals surface area contributed by atoms with Crippen LogP contribution in [-0.2, 0) is 11.3 Å². The molecule has 0 aliphatic rings. The summed E-state index contributed by atoms with van der Waals surface area (Å²) in [5.41, 5.74) is -1.65. The number of amides is 3. The quantitative estimate of drug-likeness (QED) is 0.762. The van der Waals surface area contributed by atoms with Gasteiger partial charge in [-0.05, 0) is 26.8 Å². The van der Waals surface area contributed by atoms with Crippen LogP contribution in [0.15, 0.2) is 29.1 Å². The molecule has 0 unspecified atom stereocenters. The van der Waals surface area contributed by atoms with Crippen LogP contribution in [0.4, 0.5) is 4.79 Å². The number of hydrogen-bond acceptors (Lipinski definition) is 6. The van der Waals surface area contributed by atoms with E-state index in [9.17, 15) is 24.3 Å². The zero-order valence-electron chi connectivity index (χ0n) is 14.0. The lowest BCUT2D eigenvalue weighted by atomic mass is 10.1. The van der Waals surface area contributed by atoms with E-state index in [0.717, 1.165) is 0 Å². The number of imide groups is 1. The van der Waals surface area contributed by atoms with Gasteiger partial charge in [0, 0.05) is 10.9 Å². The highest BCUT2D eigenvalue weighted by Crippen LogP contribution is 2.12. The molecular formula is C16H17N4O5-. The second-order valence-corrected chi connectivity index (χ2v) is 6.40. The first-order chi connectivity index (χ1) is 11.6. The summed E-state index contributed by atoms with van der Waals surface area (Å²) in [6.07, 6.45) is 0. The Kier molecular flexibility index (Phi) is 4.87. The lowest BCUT2D eigenvalue weighted by Crippen LogP contribution is -2.49. The number of aromatic carboxylic acids is 1. The Hall–Kier alpha value is -3.23. The van der Waals surface area contributed by atoms with Gasteiger partial charge in [0.1, 0.15) is 12.2 Å². The van der Waals surface area contributed by atoms with Crippen LogP contribution in [0.25, 0.3) is 10.8 Å². The Labute approximate surface area is 142 Å². The fraction of sp³-hybridized carbons (Fsp3) is 0.312. The molecule has 132 valence electrons. The number of carboxylic acid groups (broad SMARTS) is 1. The summed E-state index contributed by atoms with van der Waals surface area (Å²) in [7, 11) is 0. The van der Waals surface area contributed by atoms with E-state index in [0.29, 0.717) is 4.68 Å². The number of carbonyl (C=O) groups excluding carboxylic acids is 3. The molecule has 9 heteroatoms. The van der Waals surface area contributed by atoms with Crippen molar-refractivity contribution in [1.82, 2.24) is 20.4 Å². The van der Waals surface area contributed by atoms with Crippen molar-refractivity contribution in [2.45, 2.75) is 32.9 Å². The van der Waals surface area contributed by atoms with Crippen molar-refractivity contribution in [3.63, 3.8) is 0 Å². The molecule has 2 aromatic rings. The van der Waals surface area contributed by atoms with Crippen molar-refractivity contribution in [1.29, 1.82) is 0 Å². The van der Waals surface area contributed by atoms with Gasteiger partial charge in [0.05, 0.1) is 11.4 Å². The number of fused-ring (bicyclic) bond motifs is 1. The molecule has 0 saturated heterocycles. The predicted octanol–water partition coefficient (Wildman–Crippen LogP) is -0.616. The molecule has 0 spiro atoms. The minimum Gasteiger partial charge on any atom is -0.543 e. The van der Waals surface area contributed by atoms with Crippen LogP contribution in [0, 0.1) is 0 Å². The summed E-state index contributed by atoms with van der Waals surface area (Å²) in [5.74, 6) is -2.38. The van der Waals surface area contributed by atoms with Gasteiger partial charge in [-0.3, -0.25) is 14.9 Å². The summed E-state index contributed by atoms with van der Waals surface area (Å²) in [6.45, 7) is 4.59. The zero-order chi connectivity index (χ0) is 18.8. The van der Waals surface area contributed by atoms with E-state index in [1.807, 2.05) is 0 Å². The maximum absolute atomic E-state index is 12.4. The van der Waals surface area contributed by atoms with Crippen molar-refractivity contribution in [3.05, 3.63) is 40.3 Å². The summed E-state index contributed by atoms with van der Waals surface area (Å²) in [6, 6.07) is 5.24. The van der Waals surface area contributed by atoms with E-state index < -0.39 is 41.2 Å². The Morgan fingerprint density at radius 1 is 1.16 bits per heavy atom. The number of nitrogens with one attached hydrogen (secondary N) is 2. The number of urea groups is 1. The molecule has 0 aliphatic heterocycles. The van der Waals surface area contributed by atoms with Crippen LogP contribution in [0.1, 0.15) is 31.3 Å². The Morgan fingerprint density at radius 2 is 1.76 bits per heavy atom. The van der Waals surface area contributed by atoms with Crippen molar-refractivity contribution in [3.8, 4) is 0 Å². The highest BCUT2D eigenvalue weighted by atomic mass is 16.4. The highest BCUT2D eigenvalue weighted by Gasteiger charge is 2.17. The smallest absolute Gasteiger partial charge is 0.321 e. The molecule has 2 N–H and O–H groups in total. The number of rotatable bonds is 3. The number of carbonyl (C=O) groups is 3. The molecule has 1 heterocycles. The molecule has 0 aliphatic carbocycles. The summed E-state index contributed by atoms with van der Waals surface area (Å²) in [4.78, 5) is 47.2. The topological polar surface area (TPSA) is 133 Å². The van der Waals surface area contributed by atoms with Crippen molar-refractivity contribution in [2.75, 3.05) is 0 Å². The maximum atomic E-state index is 12.4. The Balaban J connectivity index is 2.31. The van der Waals surface area contributed by atoms with E-state index >= 15 is 0 Å². The van der Waals surface area contributed by atoms with Crippen LogP contribution in [0.3, 0.4) is 0 Å². The number of benzene rings is 1. The van der Waals surface area contributed by atoms with E-state index in [1.165, 1.54) is 12.1 Å². The SMILES string of the molecule is CC(C)(C)NC(=O)NC(=O)Cn1nc(C(=O)[O-])c2ccccc2c1=O. The molecule has 0 fully saturated rings. The standard InChI is InChI=1S/C16H18N4O5/c1-16(2,3)18-15(25)17-11(21)8-20-13(22)10-7-5-4-6-9(10)12(19-20)14(23)24/h4-7H,8H2,1-3H3,(H,23,24)(H2,17,18,21,25)/p-1. The molecule has 0 atom stereocenters. The minimum atomic E-state index is -1.57. The number of hydrogen-bond donors (Lipinski definition) is 2. The molecule has 0 bridgehead atoms. The second-order valence-electron chi connectivity index (χ2n) is 6.40. The molecule has 1 aromatic heterocycles. The monoisotopic (exact) mass is 345 g/mol. The third-order valence-corrected chi connectivity index (χ3v) is 3.10. The molecule has 3 amide bonds. The van der Waals surface area contributed by atoms with Gasteiger partial charge in [-0.25, -0.2) is 9.48 Å². The van der Waals surface area contributed by atoms with Crippen LogP contribution >= 0.6 is 0 Å². The van der Waals surface area contributed by atoms with Gasteiger partial charge in [-0.15, -0.1) is 0 Å². The average Bonchev–Trinajstić information content (AvgIpc) is 2.47. The van der Waals surface area contributed by atoms with Gasteiger partial charge < -0.3 is 15.2 Å². The van der Waals surface area contributed by atoms with E-state index in [-0.39, 0.29) is 10.8 Å². The molecule has 25 heavy (non-hydrogen) atoms. The maximum Gasteiger partial charge on any atom is 0.321 e. The average molecular weight is 345 g/mol. The highest BCUT2D eigenvalue weighted by molar-refractivity contribution is 6.00. The van der Waals surface area contributed by atoms with Gasteiger partial charge >= 0.3 is 6.03 Å². The first-order valence-corrected chi connectivity index (χ1v) is 7.41. The van der Waals surface area contributed by atoms with Crippen LogP contribution in [-0.4, -0.2) is 33.2 Å². The molecule has 0 radical (unpaired) electrons. The molecule has 1 aromatic carbocycles. The number of carboxylic acids is 1. The fourth-order valence-electron chi connectivity index (χ4n) is 2.17. The summed E-state index contributed by atoms with van der Waals surface area (Å²) < 4.78 is 0.688. The van der Waals surface area contributed by atoms with Crippen LogP contribution in [0.5, 0.6) is 0 Å². The molecule has 2 rings (SSSR count). The fourth-order valence-corrected chi connectivity index (χ4v) is 2.17. The van der Waals surface area contributed by atoms with E-state index in [1.54, 1.807) is 32.9 Å². The van der Waals surface area contributed by atoms with E-state index in [4.69, 9.17) is 0 Å². The molecule has 9 nitrogen and oxygen atoms in total. The normalized spacial score (nSPS) is 11.2. The summed E-state index contributed by atoms with van der Waals surface area (Å²) >= 11 is 0. The zero-order valence-corrected chi connectivity index (χ0v) is 14.0. The van der Waals surface area contributed by atoms with Crippen LogP contribution in [0.2, 0.25) is 0 Å². The first-order valence-electron chi connectivity index (χ1n) is 7.41. The third-order valence-electron chi connectivity index (χ3n) is 3.10. The van der Waals surface area contributed by atoms with Crippen LogP contribution < -0.4 is 21.3 Å². The van der Waals surface area contributed by atoms with Crippen molar-refractivity contribution >= 4 is 28.7 Å². The number of nitrogens with zero attached hydrogens (tertiary/aromatic N) is 2. The Morgan fingerprint density at radius 3 is 2.32 bits per heavy atom. The largest absolute Gasteiger partial charge is 0.543 e. The second kappa shape index (κ2) is 6.71. The first kappa shape index (κ1) is 18.1. The van der Waals surface area contributed by atoms with E-state index in [2.05, 4.69) is 15.7 Å². The lowest BCUT2D eigenvalue weighted by Gasteiger charge is -2.20. The van der Waals surface area contributed by atoms with Gasteiger partial charge in [-0.2, -0.15) is 5.10 Å². The summed E-state index contributed by atoms with van der Waals surface area (Å²) in [5, 5.41) is 19.7. The van der Waals surface area contributed by atoms with Gasteiger partial charge in [-0.1, -0.05) is 18.2 Å². The van der Waals surface area contributed by atoms with Gasteiger partial charge in [0.25, 0.3) is 5.56 Å². The Bertz CT molecular complexity index is 911. The third kappa shape index (κ3) is 4.40. The number of aromatic nitrogens is 2.